The van der Waals surface area contributed by atoms with Gasteiger partial charge in [-0.15, -0.1) is 0 Å². The zero-order valence-electron chi connectivity index (χ0n) is 13.4. The molecular formula is C18H28BrNO. The molecular weight excluding hydrogens is 326 g/mol. The quantitative estimate of drug-likeness (QED) is 0.667. The molecule has 1 fully saturated rings. The Balaban J connectivity index is 1.93. The Labute approximate surface area is 137 Å². The summed E-state index contributed by atoms with van der Waals surface area (Å²) < 4.78 is 6.37. The second-order valence-corrected chi connectivity index (χ2v) is 7.13. The summed E-state index contributed by atoms with van der Waals surface area (Å²) in [5, 5.41) is 3.50. The standard InChI is InChI=1S/C18H28BrNO/c1-3-20-13-12-18(9-4-5-10-18)11-8-15-6-7-17(21-2)16(19)14-15/h6-7,14,20H,3-5,8-13H2,1-2H3. The van der Waals surface area contributed by atoms with Crippen molar-refractivity contribution in [1.82, 2.24) is 5.32 Å². The molecule has 0 aliphatic heterocycles. The fourth-order valence-corrected chi connectivity index (χ4v) is 4.14. The molecule has 2 nitrogen and oxygen atoms in total. The number of aryl methyl sites for hydroxylation is 1. The Morgan fingerprint density at radius 1 is 1.24 bits per heavy atom. The van der Waals surface area contributed by atoms with Gasteiger partial charge in [0.25, 0.3) is 0 Å². The summed E-state index contributed by atoms with van der Waals surface area (Å²) in [6.07, 6.45) is 9.48. The van der Waals surface area contributed by atoms with Crippen LogP contribution in [0.2, 0.25) is 0 Å². The van der Waals surface area contributed by atoms with Crippen molar-refractivity contribution in [2.45, 2.75) is 51.9 Å². The highest BCUT2D eigenvalue weighted by atomic mass is 79.9. The number of methoxy groups -OCH3 is 1. The maximum atomic E-state index is 5.31. The first-order valence-electron chi connectivity index (χ1n) is 8.22. The van der Waals surface area contributed by atoms with Crippen LogP contribution in [-0.2, 0) is 6.42 Å². The predicted molar refractivity (Wildman–Crippen MR) is 93.1 cm³/mol. The van der Waals surface area contributed by atoms with Gasteiger partial charge < -0.3 is 10.1 Å². The lowest BCUT2D eigenvalue weighted by Crippen LogP contribution is -2.25. The molecule has 0 spiro atoms. The largest absolute Gasteiger partial charge is 0.496 e. The van der Waals surface area contributed by atoms with E-state index in [4.69, 9.17) is 4.74 Å². The van der Waals surface area contributed by atoms with E-state index in [1.807, 2.05) is 0 Å². The molecule has 1 N–H and O–H groups in total. The Bertz CT molecular complexity index is 441. The van der Waals surface area contributed by atoms with Crippen molar-refractivity contribution in [3.63, 3.8) is 0 Å². The van der Waals surface area contributed by atoms with Gasteiger partial charge in [-0.05, 0) is 84.2 Å². The summed E-state index contributed by atoms with van der Waals surface area (Å²) in [5.41, 5.74) is 1.99. The van der Waals surface area contributed by atoms with Crippen LogP contribution in [0.3, 0.4) is 0 Å². The third-order valence-electron chi connectivity index (χ3n) is 4.91. The van der Waals surface area contributed by atoms with Gasteiger partial charge in [0.2, 0.25) is 0 Å². The van der Waals surface area contributed by atoms with Crippen LogP contribution < -0.4 is 10.1 Å². The van der Waals surface area contributed by atoms with Crippen molar-refractivity contribution in [3.8, 4) is 5.75 Å². The van der Waals surface area contributed by atoms with Crippen LogP contribution in [0.1, 0.15) is 51.0 Å². The van der Waals surface area contributed by atoms with Gasteiger partial charge in [0.1, 0.15) is 5.75 Å². The lowest BCUT2D eigenvalue weighted by atomic mass is 9.77. The summed E-state index contributed by atoms with van der Waals surface area (Å²) in [4.78, 5) is 0. The maximum Gasteiger partial charge on any atom is 0.133 e. The minimum Gasteiger partial charge on any atom is -0.496 e. The Morgan fingerprint density at radius 2 is 2.00 bits per heavy atom. The monoisotopic (exact) mass is 353 g/mol. The number of nitrogens with one attached hydrogen (secondary N) is 1. The zero-order valence-corrected chi connectivity index (χ0v) is 15.0. The third kappa shape index (κ3) is 4.72. The summed E-state index contributed by atoms with van der Waals surface area (Å²) in [6.45, 7) is 4.44. The highest BCUT2D eigenvalue weighted by Gasteiger charge is 2.32. The second-order valence-electron chi connectivity index (χ2n) is 6.28. The topological polar surface area (TPSA) is 21.3 Å². The summed E-state index contributed by atoms with van der Waals surface area (Å²) in [5.74, 6) is 0.918. The summed E-state index contributed by atoms with van der Waals surface area (Å²) >= 11 is 3.59. The van der Waals surface area contributed by atoms with Crippen molar-refractivity contribution in [2.75, 3.05) is 20.2 Å². The van der Waals surface area contributed by atoms with Gasteiger partial charge in [0.15, 0.2) is 0 Å². The van der Waals surface area contributed by atoms with Gasteiger partial charge in [-0.25, -0.2) is 0 Å². The SMILES string of the molecule is CCNCCC1(CCc2ccc(OC)c(Br)c2)CCCC1. The molecule has 2 rings (SSSR count). The first-order chi connectivity index (χ1) is 10.2. The molecule has 0 radical (unpaired) electrons. The van der Waals surface area contributed by atoms with Crippen molar-refractivity contribution < 1.29 is 4.74 Å². The minimum atomic E-state index is 0.578. The molecule has 3 heteroatoms. The first-order valence-corrected chi connectivity index (χ1v) is 9.01. The molecule has 21 heavy (non-hydrogen) atoms. The van der Waals surface area contributed by atoms with Gasteiger partial charge in [-0.3, -0.25) is 0 Å². The average Bonchev–Trinajstić information content (AvgIpc) is 2.95. The van der Waals surface area contributed by atoms with Gasteiger partial charge in [0, 0.05) is 0 Å². The number of ether oxygens (including phenoxy) is 1. The van der Waals surface area contributed by atoms with E-state index >= 15 is 0 Å². The number of halogens is 1. The maximum absolute atomic E-state index is 5.31. The van der Waals surface area contributed by atoms with Gasteiger partial charge in [-0.2, -0.15) is 0 Å². The Kier molecular flexibility index (Phi) is 6.56. The molecule has 1 aliphatic carbocycles. The van der Waals surface area contributed by atoms with Gasteiger partial charge in [0.05, 0.1) is 11.6 Å². The van der Waals surface area contributed by atoms with Crippen LogP contribution in [0, 0.1) is 5.41 Å². The molecule has 1 aromatic carbocycles. The molecule has 0 aromatic heterocycles. The van der Waals surface area contributed by atoms with E-state index in [0.29, 0.717) is 5.41 Å². The van der Waals surface area contributed by atoms with E-state index in [2.05, 4.69) is 46.4 Å². The molecule has 0 saturated heterocycles. The van der Waals surface area contributed by atoms with Gasteiger partial charge in [-0.1, -0.05) is 25.8 Å². The van der Waals surface area contributed by atoms with Crippen LogP contribution in [0.15, 0.2) is 22.7 Å². The predicted octanol–water partition coefficient (Wildman–Crippen LogP) is 4.95. The minimum absolute atomic E-state index is 0.578. The van der Waals surface area contributed by atoms with E-state index in [9.17, 15) is 0 Å². The highest BCUT2D eigenvalue weighted by molar-refractivity contribution is 9.10. The van der Waals surface area contributed by atoms with E-state index in [0.717, 1.165) is 16.8 Å². The van der Waals surface area contributed by atoms with Crippen LogP contribution in [0.5, 0.6) is 5.75 Å². The lowest BCUT2D eigenvalue weighted by molar-refractivity contribution is 0.246. The van der Waals surface area contributed by atoms with Gasteiger partial charge >= 0.3 is 0 Å². The smallest absolute Gasteiger partial charge is 0.133 e. The first kappa shape index (κ1) is 16.8. The Hall–Kier alpha value is -0.540. The van der Waals surface area contributed by atoms with Crippen molar-refractivity contribution in [2.24, 2.45) is 5.41 Å². The number of rotatable bonds is 8. The molecule has 118 valence electrons. The molecule has 0 heterocycles. The zero-order chi connectivity index (χ0) is 15.1. The molecule has 1 saturated carbocycles. The van der Waals surface area contributed by atoms with Crippen molar-refractivity contribution in [3.05, 3.63) is 28.2 Å². The van der Waals surface area contributed by atoms with Crippen molar-refractivity contribution in [1.29, 1.82) is 0 Å². The molecule has 1 aromatic rings. The number of hydrogen-bond acceptors (Lipinski definition) is 2. The van der Waals surface area contributed by atoms with Crippen LogP contribution in [0.25, 0.3) is 0 Å². The number of hydrogen-bond donors (Lipinski definition) is 1. The van der Waals surface area contributed by atoms with E-state index in [1.165, 1.54) is 57.1 Å². The lowest BCUT2D eigenvalue weighted by Gasteiger charge is -2.29. The van der Waals surface area contributed by atoms with Crippen LogP contribution in [-0.4, -0.2) is 20.2 Å². The molecule has 0 bridgehead atoms. The second kappa shape index (κ2) is 8.19. The van der Waals surface area contributed by atoms with E-state index < -0.39 is 0 Å². The van der Waals surface area contributed by atoms with Crippen LogP contribution >= 0.6 is 15.9 Å². The average molecular weight is 354 g/mol. The fourth-order valence-electron chi connectivity index (χ4n) is 3.56. The van der Waals surface area contributed by atoms with Crippen molar-refractivity contribution >= 4 is 15.9 Å². The third-order valence-corrected chi connectivity index (χ3v) is 5.53. The molecule has 0 amide bonds. The fraction of sp³-hybridized carbons (Fsp3) is 0.667. The van der Waals surface area contributed by atoms with Crippen LogP contribution in [0.4, 0.5) is 0 Å². The van der Waals surface area contributed by atoms with E-state index in [1.54, 1.807) is 7.11 Å². The number of benzene rings is 1. The normalized spacial score (nSPS) is 17.1. The summed E-state index contributed by atoms with van der Waals surface area (Å²) in [6, 6.07) is 6.49. The molecule has 0 atom stereocenters. The van der Waals surface area contributed by atoms with E-state index in [-0.39, 0.29) is 0 Å². The molecule has 1 aliphatic rings. The Morgan fingerprint density at radius 3 is 2.62 bits per heavy atom. The highest BCUT2D eigenvalue weighted by Crippen LogP contribution is 2.44. The summed E-state index contributed by atoms with van der Waals surface area (Å²) in [7, 11) is 1.72. The molecule has 0 unspecified atom stereocenters.